The second-order valence-electron chi connectivity index (χ2n) is 6.81. The van der Waals surface area contributed by atoms with Gasteiger partial charge in [0, 0.05) is 34.2 Å². The van der Waals surface area contributed by atoms with Gasteiger partial charge in [0.2, 0.25) is 0 Å². The third-order valence-electron chi connectivity index (χ3n) is 5.18. The van der Waals surface area contributed by atoms with E-state index in [4.69, 9.17) is 16.3 Å². The Kier molecular flexibility index (Phi) is 6.05. The highest BCUT2D eigenvalue weighted by atomic mass is 35.5. The number of benzene rings is 2. The van der Waals surface area contributed by atoms with Crippen molar-refractivity contribution in [1.29, 1.82) is 0 Å². The number of hydrogen-bond acceptors (Lipinski definition) is 3. The fourth-order valence-electron chi connectivity index (χ4n) is 3.64. The lowest BCUT2D eigenvalue weighted by Crippen LogP contribution is -2.22. The fourth-order valence-corrected chi connectivity index (χ4v) is 3.76. The number of aliphatic carboxylic acids is 1. The number of aryl methyl sites for hydroxylation is 1. The molecule has 0 amide bonds. The Labute approximate surface area is 168 Å². The Morgan fingerprint density at radius 2 is 1.96 bits per heavy atom. The molecular formula is C22H22ClNO4. The number of ether oxygens (including phenoxy) is 1. The number of rotatable bonds is 3. The van der Waals surface area contributed by atoms with Gasteiger partial charge in [-0.15, -0.1) is 0 Å². The molecule has 4 rings (SSSR count). The highest BCUT2D eigenvalue weighted by Gasteiger charge is 2.28. The van der Waals surface area contributed by atoms with Crippen molar-refractivity contribution in [2.45, 2.75) is 19.3 Å². The summed E-state index contributed by atoms with van der Waals surface area (Å²) in [6.45, 7) is 0. The summed E-state index contributed by atoms with van der Waals surface area (Å²) in [4.78, 5) is 21.3. The van der Waals surface area contributed by atoms with Gasteiger partial charge < -0.3 is 14.4 Å². The minimum absolute atomic E-state index is 0.260. The minimum Gasteiger partial charge on any atom is -0.497 e. The van der Waals surface area contributed by atoms with Crippen molar-refractivity contribution in [3.8, 4) is 5.75 Å². The van der Waals surface area contributed by atoms with E-state index in [2.05, 4.69) is 11.6 Å². The Morgan fingerprint density at radius 3 is 2.57 bits per heavy atom. The normalized spacial score (nSPS) is 15.3. The largest absolute Gasteiger partial charge is 0.497 e. The lowest BCUT2D eigenvalue weighted by atomic mass is 9.86. The third-order valence-corrected chi connectivity index (χ3v) is 5.43. The smallest absolute Gasteiger partial charge is 0.306 e. The van der Waals surface area contributed by atoms with Gasteiger partial charge >= 0.3 is 5.97 Å². The van der Waals surface area contributed by atoms with Gasteiger partial charge in [0.15, 0.2) is 0 Å². The van der Waals surface area contributed by atoms with Gasteiger partial charge in [-0.3, -0.25) is 9.59 Å². The minimum atomic E-state index is -0.689. The molecule has 0 aliphatic heterocycles. The second-order valence-corrected chi connectivity index (χ2v) is 7.25. The molecule has 1 unspecified atom stereocenters. The summed E-state index contributed by atoms with van der Waals surface area (Å²) in [5.41, 5.74) is 4.24. The summed E-state index contributed by atoms with van der Waals surface area (Å²) in [6.07, 6.45) is 2.97. The van der Waals surface area contributed by atoms with Crippen LogP contribution in [0.4, 0.5) is 0 Å². The summed E-state index contributed by atoms with van der Waals surface area (Å²) in [6, 6.07) is 12.7. The topological polar surface area (TPSA) is 68.5 Å². The third kappa shape index (κ3) is 4.04. The average molecular weight is 400 g/mol. The number of aromatic nitrogens is 1. The SMILES string of the molecule is COc1ccc2c(c1)c1c(n2C)CCC(C(=O)O)C1.O=Cc1ccc(Cl)cc1. The van der Waals surface area contributed by atoms with Crippen LogP contribution in [0.25, 0.3) is 10.9 Å². The highest BCUT2D eigenvalue weighted by molar-refractivity contribution is 6.30. The van der Waals surface area contributed by atoms with Crippen molar-refractivity contribution in [2.75, 3.05) is 7.11 Å². The quantitative estimate of drug-likeness (QED) is 0.657. The second kappa shape index (κ2) is 8.48. The maximum Gasteiger partial charge on any atom is 0.306 e. The van der Waals surface area contributed by atoms with E-state index < -0.39 is 5.97 Å². The molecule has 28 heavy (non-hydrogen) atoms. The molecule has 1 aliphatic rings. The fraction of sp³-hybridized carbons (Fsp3) is 0.273. The number of carboxylic acids is 1. The summed E-state index contributed by atoms with van der Waals surface area (Å²) in [5, 5.41) is 11.0. The van der Waals surface area contributed by atoms with Crippen molar-refractivity contribution >= 4 is 34.8 Å². The summed E-state index contributed by atoms with van der Waals surface area (Å²) >= 11 is 5.55. The molecule has 1 heterocycles. The molecule has 1 N–H and O–H groups in total. The zero-order valence-electron chi connectivity index (χ0n) is 15.8. The van der Waals surface area contributed by atoms with Crippen LogP contribution in [0, 0.1) is 5.92 Å². The number of methoxy groups -OCH3 is 1. The highest BCUT2D eigenvalue weighted by Crippen LogP contribution is 2.35. The Bertz CT molecular complexity index is 1010. The number of carbonyl (C=O) groups is 2. The first-order valence-electron chi connectivity index (χ1n) is 9.02. The van der Waals surface area contributed by atoms with Crippen molar-refractivity contribution < 1.29 is 19.4 Å². The van der Waals surface area contributed by atoms with Crippen LogP contribution in [0.15, 0.2) is 42.5 Å². The number of carboxylic acid groups (broad SMARTS) is 1. The molecule has 1 atom stereocenters. The van der Waals surface area contributed by atoms with Crippen LogP contribution in [0.3, 0.4) is 0 Å². The van der Waals surface area contributed by atoms with E-state index in [0.717, 1.165) is 35.8 Å². The van der Waals surface area contributed by atoms with Crippen LogP contribution in [0.1, 0.15) is 28.0 Å². The molecule has 0 spiro atoms. The van der Waals surface area contributed by atoms with Gasteiger partial charge in [-0.25, -0.2) is 0 Å². The van der Waals surface area contributed by atoms with Gasteiger partial charge in [-0.05, 0) is 55.2 Å². The van der Waals surface area contributed by atoms with E-state index in [0.29, 0.717) is 17.0 Å². The number of fused-ring (bicyclic) bond motifs is 3. The van der Waals surface area contributed by atoms with E-state index in [1.807, 2.05) is 18.2 Å². The maximum atomic E-state index is 11.2. The predicted octanol–water partition coefficient (Wildman–Crippen LogP) is 4.53. The monoisotopic (exact) mass is 399 g/mol. The van der Waals surface area contributed by atoms with Crippen LogP contribution < -0.4 is 4.74 Å². The molecule has 2 aromatic carbocycles. The molecule has 3 aromatic rings. The summed E-state index contributed by atoms with van der Waals surface area (Å²) in [5.74, 6) is -0.131. The van der Waals surface area contributed by atoms with Crippen molar-refractivity contribution in [1.82, 2.24) is 4.57 Å². The van der Waals surface area contributed by atoms with Crippen LogP contribution in [-0.2, 0) is 24.7 Å². The Hall–Kier alpha value is -2.79. The zero-order valence-corrected chi connectivity index (χ0v) is 16.6. The van der Waals surface area contributed by atoms with Crippen LogP contribution in [0.2, 0.25) is 5.02 Å². The molecule has 0 fully saturated rings. The summed E-state index contributed by atoms with van der Waals surface area (Å²) < 4.78 is 7.45. The van der Waals surface area contributed by atoms with Crippen LogP contribution >= 0.6 is 11.6 Å². The number of carbonyl (C=O) groups excluding carboxylic acids is 1. The standard InChI is InChI=1S/C15H17NO3.C7H5ClO/c1-16-13-5-3-9(15(17)18)7-11(13)12-8-10(19-2)4-6-14(12)16;8-7-3-1-6(5-9)2-4-7/h4,6,8-9H,3,5,7H2,1-2H3,(H,17,18);1-5H. The first kappa shape index (κ1) is 20.0. The Balaban J connectivity index is 0.000000211. The number of nitrogens with zero attached hydrogens (tertiary/aromatic N) is 1. The molecule has 0 radical (unpaired) electrons. The first-order valence-corrected chi connectivity index (χ1v) is 9.40. The predicted molar refractivity (Wildman–Crippen MR) is 109 cm³/mol. The van der Waals surface area contributed by atoms with E-state index in [1.165, 1.54) is 11.3 Å². The van der Waals surface area contributed by atoms with Gasteiger partial charge in [0.05, 0.1) is 13.0 Å². The molecule has 6 heteroatoms. The van der Waals surface area contributed by atoms with E-state index >= 15 is 0 Å². The average Bonchev–Trinajstić information content (AvgIpc) is 3.00. The zero-order chi connectivity index (χ0) is 20.3. The Morgan fingerprint density at radius 1 is 1.25 bits per heavy atom. The first-order chi connectivity index (χ1) is 13.4. The van der Waals surface area contributed by atoms with Gasteiger partial charge in [-0.1, -0.05) is 23.7 Å². The molecule has 1 aliphatic carbocycles. The lowest BCUT2D eigenvalue weighted by Gasteiger charge is -2.19. The number of halogens is 1. The molecule has 0 bridgehead atoms. The van der Waals surface area contributed by atoms with Crippen molar-refractivity contribution in [2.24, 2.45) is 13.0 Å². The molecule has 0 saturated heterocycles. The molecule has 5 nitrogen and oxygen atoms in total. The van der Waals surface area contributed by atoms with Crippen LogP contribution in [0.5, 0.6) is 5.75 Å². The lowest BCUT2D eigenvalue weighted by molar-refractivity contribution is -0.142. The van der Waals surface area contributed by atoms with Crippen molar-refractivity contribution in [3.05, 3.63) is 64.3 Å². The van der Waals surface area contributed by atoms with Gasteiger partial charge in [0.1, 0.15) is 12.0 Å². The summed E-state index contributed by atoms with van der Waals surface area (Å²) in [7, 11) is 3.70. The van der Waals surface area contributed by atoms with E-state index in [9.17, 15) is 14.7 Å². The molecule has 146 valence electrons. The molecular weight excluding hydrogens is 378 g/mol. The number of aldehydes is 1. The van der Waals surface area contributed by atoms with Gasteiger partial charge in [0.25, 0.3) is 0 Å². The van der Waals surface area contributed by atoms with E-state index in [-0.39, 0.29) is 5.92 Å². The molecule has 0 saturated carbocycles. The van der Waals surface area contributed by atoms with Gasteiger partial charge in [-0.2, -0.15) is 0 Å². The van der Waals surface area contributed by atoms with Crippen LogP contribution in [-0.4, -0.2) is 29.0 Å². The van der Waals surface area contributed by atoms with Crippen molar-refractivity contribution in [3.63, 3.8) is 0 Å². The molecule has 1 aromatic heterocycles. The maximum absolute atomic E-state index is 11.2. The van der Waals surface area contributed by atoms with E-state index in [1.54, 1.807) is 31.4 Å². The number of hydrogen-bond donors (Lipinski definition) is 1.